The van der Waals surface area contributed by atoms with Crippen molar-refractivity contribution in [3.63, 3.8) is 0 Å². The van der Waals surface area contributed by atoms with Crippen LogP contribution in [0.4, 0.5) is 0 Å². The molecule has 0 saturated carbocycles. The van der Waals surface area contributed by atoms with E-state index in [1.54, 1.807) is 6.08 Å². The molecule has 21 heavy (non-hydrogen) atoms. The molecule has 4 heteroatoms. The third-order valence-electron chi connectivity index (χ3n) is 3.13. The first-order valence-electron chi connectivity index (χ1n) is 6.56. The van der Waals surface area contributed by atoms with Gasteiger partial charge in [0.15, 0.2) is 0 Å². The van der Waals surface area contributed by atoms with Crippen LogP contribution < -0.4 is 0 Å². The Morgan fingerprint density at radius 2 is 1.71 bits per heavy atom. The summed E-state index contributed by atoms with van der Waals surface area (Å²) in [6, 6.07) is 15.5. The number of hydrogen-bond acceptors (Lipinski definition) is 3. The lowest BCUT2D eigenvalue weighted by Gasteiger charge is -1.98. The summed E-state index contributed by atoms with van der Waals surface area (Å²) in [4.78, 5) is 0. The van der Waals surface area contributed by atoms with Crippen LogP contribution >= 0.6 is 11.6 Å². The van der Waals surface area contributed by atoms with Gasteiger partial charge in [-0.3, -0.25) is 0 Å². The van der Waals surface area contributed by atoms with Crippen LogP contribution in [-0.2, 0) is 0 Å². The van der Waals surface area contributed by atoms with E-state index in [9.17, 15) is 0 Å². The molecule has 3 rings (SSSR count). The molecule has 0 radical (unpaired) electrons. The molecular weight excluding hydrogens is 284 g/mol. The predicted molar refractivity (Wildman–Crippen MR) is 84.9 cm³/mol. The van der Waals surface area contributed by atoms with E-state index in [0.717, 1.165) is 16.7 Å². The van der Waals surface area contributed by atoms with Gasteiger partial charge in [-0.1, -0.05) is 48.0 Å². The highest BCUT2D eigenvalue weighted by Crippen LogP contribution is 2.23. The Balaban J connectivity index is 1.86. The van der Waals surface area contributed by atoms with Crippen LogP contribution in [0.3, 0.4) is 0 Å². The van der Waals surface area contributed by atoms with Gasteiger partial charge in [-0.2, -0.15) is 0 Å². The minimum Gasteiger partial charge on any atom is -0.417 e. The molecule has 1 aromatic heterocycles. The molecule has 1 heterocycles. The molecule has 0 N–H and O–H groups in total. The van der Waals surface area contributed by atoms with Crippen LogP contribution in [0.25, 0.3) is 23.6 Å². The van der Waals surface area contributed by atoms with Crippen molar-refractivity contribution in [1.82, 2.24) is 10.2 Å². The number of hydrogen-bond donors (Lipinski definition) is 0. The number of aryl methyl sites for hydroxylation is 1. The van der Waals surface area contributed by atoms with Crippen molar-refractivity contribution in [3.8, 4) is 11.5 Å². The lowest BCUT2D eigenvalue weighted by molar-refractivity contribution is 0.557. The fraction of sp³-hybridized carbons (Fsp3) is 0.0588. The van der Waals surface area contributed by atoms with Gasteiger partial charge in [0.25, 0.3) is 0 Å². The zero-order valence-electron chi connectivity index (χ0n) is 11.5. The molecule has 0 atom stereocenters. The van der Waals surface area contributed by atoms with Gasteiger partial charge in [0, 0.05) is 16.7 Å². The van der Waals surface area contributed by atoms with E-state index in [2.05, 4.69) is 10.2 Å². The highest BCUT2D eigenvalue weighted by molar-refractivity contribution is 6.32. The molecule has 3 aromatic rings. The summed E-state index contributed by atoms with van der Waals surface area (Å²) in [5.74, 6) is 0.972. The van der Waals surface area contributed by atoms with Crippen molar-refractivity contribution in [3.05, 3.63) is 70.6 Å². The third kappa shape index (κ3) is 3.03. The van der Waals surface area contributed by atoms with Crippen LogP contribution in [0, 0.1) is 6.92 Å². The molecular formula is C17H13ClN2O. The Morgan fingerprint density at radius 1 is 0.952 bits per heavy atom. The highest BCUT2D eigenvalue weighted by Gasteiger charge is 2.08. The Morgan fingerprint density at radius 3 is 2.52 bits per heavy atom. The van der Waals surface area contributed by atoms with Crippen LogP contribution in [0.15, 0.2) is 52.9 Å². The van der Waals surface area contributed by atoms with Gasteiger partial charge in [-0.25, -0.2) is 0 Å². The number of aromatic nitrogens is 2. The molecule has 0 fully saturated rings. The molecule has 0 aliphatic carbocycles. The summed E-state index contributed by atoms with van der Waals surface area (Å²) in [6.07, 6.45) is 3.62. The monoisotopic (exact) mass is 296 g/mol. The zero-order valence-corrected chi connectivity index (χ0v) is 12.2. The summed E-state index contributed by atoms with van der Waals surface area (Å²) in [5.41, 5.74) is 2.96. The van der Waals surface area contributed by atoms with Gasteiger partial charge in [-0.05, 0) is 36.3 Å². The third-order valence-corrected chi connectivity index (χ3v) is 3.47. The summed E-state index contributed by atoms with van der Waals surface area (Å²) < 4.78 is 5.66. The van der Waals surface area contributed by atoms with Crippen molar-refractivity contribution in [1.29, 1.82) is 0 Å². The van der Waals surface area contributed by atoms with Gasteiger partial charge in [0.05, 0.1) is 0 Å². The molecule has 0 aliphatic heterocycles. The largest absolute Gasteiger partial charge is 0.417 e. The maximum absolute atomic E-state index is 6.09. The van der Waals surface area contributed by atoms with Gasteiger partial charge >= 0.3 is 0 Å². The van der Waals surface area contributed by atoms with Crippen LogP contribution in [0.5, 0.6) is 0 Å². The normalized spacial score (nSPS) is 11.1. The van der Waals surface area contributed by atoms with Crippen molar-refractivity contribution >= 4 is 23.8 Å². The maximum Gasteiger partial charge on any atom is 0.248 e. The Labute approximate surface area is 127 Å². The van der Waals surface area contributed by atoms with Crippen molar-refractivity contribution in [2.75, 3.05) is 0 Å². The van der Waals surface area contributed by atoms with Gasteiger partial charge in [0.1, 0.15) is 0 Å². The molecule has 0 unspecified atom stereocenters. The summed E-state index contributed by atoms with van der Waals surface area (Å²) in [5, 5.41) is 8.80. The minimum absolute atomic E-state index is 0.452. The van der Waals surface area contributed by atoms with E-state index >= 15 is 0 Å². The van der Waals surface area contributed by atoms with Gasteiger partial charge < -0.3 is 4.42 Å². The van der Waals surface area contributed by atoms with E-state index in [4.69, 9.17) is 16.0 Å². The van der Waals surface area contributed by atoms with E-state index in [1.165, 1.54) is 0 Å². The first-order valence-corrected chi connectivity index (χ1v) is 6.94. The fourth-order valence-electron chi connectivity index (χ4n) is 1.99. The van der Waals surface area contributed by atoms with Crippen LogP contribution in [0.1, 0.15) is 17.0 Å². The molecule has 0 spiro atoms. The van der Waals surface area contributed by atoms with Crippen molar-refractivity contribution in [2.45, 2.75) is 6.92 Å². The predicted octanol–water partition coefficient (Wildman–Crippen LogP) is 4.87. The first kappa shape index (κ1) is 13.6. The second-order valence-electron chi connectivity index (χ2n) is 4.62. The number of rotatable bonds is 3. The van der Waals surface area contributed by atoms with Gasteiger partial charge in [-0.15, -0.1) is 10.2 Å². The van der Waals surface area contributed by atoms with E-state index in [0.29, 0.717) is 16.8 Å². The quantitative estimate of drug-likeness (QED) is 0.692. The van der Waals surface area contributed by atoms with E-state index in [-0.39, 0.29) is 0 Å². The molecule has 104 valence electrons. The average molecular weight is 297 g/mol. The Bertz CT molecular complexity index is 793. The lowest BCUT2D eigenvalue weighted by Crippen LogP contribution is -1.81. The van der Waals surface area contributed by atoms with E-state index < -0.39 is 0 Å². The molecule has 0 saturated heterocycles. The van der Waals surface area contributed by atoms with Gasteiger partial charge in [0.2, 0.25) is 11.8 Å². The number of nitrogens with zero attached hydrogens (tertiary/aromatic N) is 2. The Hall–Kier alpha value is -2.39. The molecule has 3 nitrogen and oxygen atoms in total. The molecule has 2 aromatic carbocycles. The highest BCUT2D eigenvalue weighted by atomic mass is 35.5. The van der Waals surface area contributed by atoms with Crippen molar-refractivity contribution < 1.29 is 4.42 Å². The number of benzene rings is 2. The summed E-state index contributed by atoms with van der Waals surface area (Å²) in [6.45, 7) is 2.01. The minimum atomic E-state index is 0.452. The first-order chi connectivity index (χ1) is 10.2. The molecule has 0 bridgehead atoms. The SMILES string of the molecule is Cc1ccccc1-c1nnc(/C=C/c2ccccc2Cl)o1. The number of halogens is 1. The topological polar surface area (TPSA) is 38.9 Å². The molecule has 0 aliphatic rings. The maximum atomic E-state index is 6.09. The zero-order chi connectivity index (χ0) is 14.7. The van der Waals surface area contributed by atoms with Crippen LogP contribution in [-0.4, -0.2) is 10.2 Å². The van der Waals surface area contributed by atoms with E-state index in [1.807, 2.05) is 61.5 Å². The van der Waals surface area contributed by atoms with Crippen LogP contribution in [0.2, 0.25) is 5.02 Å². The average Bonchev–Trinajstić information content (AvgIpc) is 2.96. The second-order valence-corrected chi connectivity index (χ2v) is 5.02. The van der Waals surface area contributed by atoms with Crippen molar-refractivity contribution in [2.24, 2.45) is 0 Å². The fourth-order valence-corrected chi connectivity index (χ4v) is 2.19. The summed E-state index contributed by atoms with van der Waals surface area (Å²) >= 11 is 6.09. The lowest BCUT2D eigenvalue weighted by atomic mass is 10.1. The second kappa shape index (κ2) is 5.94. The Kier molecular flexibility index (Phi) is 3.84. The molecule has 0 amide bonds. The smallest absolute Gasteiger partial charge is 0.248 e. The summed E-state index contributed by atoms with van der Waals surface area (Å²) in [7, 11) is 0. The standard InChI is InChI=1S/C17H13ClN2O/c1-12-6-2-4-8-14(12)17-20-19-16(21-17)11-10-13-7-3-5-9-15(13)18/h2-11H,1H3/b11-10+.